The van der Waals surface area contributed by atoms with Crippen molar-refractivity contribution in [2.45, 2.75) is 57.1 Å². The number of carbonyl (C=O) groups excluding carboxylic acids is 3. The van der Waals surface area contributed by atoms with Crippen molar-refractivity contribution in [2.24, 2.45) is 11.1 Å². The highest BCUT2D eigenvalue weighted by Crippen LogP contribution is 2.45. The first-order chi connectivity index (χ1) is 10.7. The van der Waals surface area contributed by atoms with Gasteiger partial charge in [-0.3, -0.25) is 14.4 Å². The molecule has 2 aliphatic heterocycles. The van der Waals surface area contributed by atoms with Gasteiger partial charge in [-0.2, -0.15) is 0 Å². The summed E-state index contributed by atoms with van der Waals surface area (Å²) in [5, 5.41) is 5.60. The van der Waals surface area contributed by atoms with Gasteiger partial charge in [0.1, 0.15) is 12.1 Å². The van der Waals surface area contributed by atoms with E-state index in [-0.39, 0.29) is 53.5 Å². The Bertz CT molecular complexity index is 521. The van der Waals surface area contributed by atoms with Gasteiger partial charge < -0.3 is 21.3 Å². The molecule has 0 aromatic carbocycles. The number of hydrogen-bond donors (Lipinski definition) is 3. The Kier molecular flexibility index (Phi) is 9.04. The molecule has 0 aliphatic carbocycles. The van der Waals surface area contributed by atoms with Crippen LogP contribution in [-0.4, -0.2) is 58.9 Å². The molecule has 7 nitrogen and oxygen atoms in total. The molecule has 4 N–H and O–H groups in total. The summed E-state index contributed by atoms with van der Waals surface area (Å²) in [5.41, 5.74) is 5.21. The molecular formula is C15H28Cl2N4O3S. The van der Waals surface area contributed by atoms with E-state index in [1.54, 1.807) is 30.6 Å². The molecule has 2 fully saturated rings. The van der Waals surface area contributed by atoms with Crippen LogP contribution in [0.15, 0.2) is 0 Å². The Balaban J connectivity index is 0.00000288. The molecule has 0 aromatic heterocycles. The van der Waals surface area contributed by atoms with E-state index in [1.165, 1.54) is 0 Å². The van der Waals surface area contributed by atoms with Crippen LogP contribution in [0, 0.1) is 5.41 Å². The van der Waals surface area contributed by atoms with Gasteiger partial charge in [-0.05, 0) is 38.0 Å². The first-order valence-electron chi connectivity index (χ1n) is 7.89. The molecule has 25 heavy (non-hydrogen) atoms. The van der Waals surface area contributed by atoms with E-state index >= 15 is 0 Å². The molecule has 10 heteroatoms. The van der Waals surface area contributed by atoms with Crippen LogP contribution in [-0.2, 0) is 14.4 Å². The van der Waals surface area contributed by atoms with Crippen LogP contribution < -0.4 is 16.4 Å². The topological polar surface area (TPSA) is 105 Å². The first-order valence-corrected chi connectivity index (χ1v) is 8.94. The monoisotopic (exact) mass is 414 g/mol. The van der Waals surface area contributed by atoms with E-state index < -0.39 is 18.0 Å². The number of nitrogens with zero attached hydrogens (tertiary/aromatic N) is 1. The predicted octanol–water partition coefficient (Wildman–Crippen LogP) is 0.498. The van der Waals surface area contributed by atoms with Crippen LogP contribution in [0.25, 0.3) is 0 Å². The number of amides is 3. The quantitative estimate of drug-likeness (QED) is 0.620. The van der Waals surface area contributed by atoms with Gasteiger partial charge in [0.2, 0.25) is 17.7 Å². The molecule has 2 heterocycles. The van der Waals surface area contributed by atoms with Gasteiger partial charge in [-0.25, -0.2) is 0 Å². The summed E-state index contributed by atoms with van der Waals surface area (Å²) in [6.45, 7) is 5.66. The molecule has 0 bridgehead atoms. The molecule has 146 valence electrons. The summed E-state index contributed by atoms with van der Waals surface area (Å²) < 4.78 is 0. The van der Waals surface area contributed by atoms with Gasteiger partial charge in [-0.15, -0.1) is 36.6 Å². The fourth-order valence-corrected chi connectivity index (χ4v) is 4.90. The summed E-state index contributed by atoms with van der Waals surface area (Å²) in [6, 6.07) is -1.62. The molecule has 4 atom stereocenters. The van der Waals surface area contributed by atoms with Crippen molar-refractivity contribution in [3.05, 3.63) is 0 Å². The average Bonchev–Trinajstić information content (AvgIpc) is 2.66. The maximum atomic E-state index is 12.9. The summed E-state index contributed by atoms with van der Waals surface area (Å²) in [7, 11) is 1.69. The molecule has 2 rings (SSSR count). The first kappa shape index (κ1) is 24.3. The highest BCUT2D eigenvalue weighted by atomic mass is 35.5. The van der Waals surface area contributed by atoms with E-state index in [9.17, 15) is 14.4 Å². The van der Waals surface area contributed by atoms with Gasteiger partial charge in [-0.1, -0.05) is 13.8 Å². The minimum absolute atomic E-state index is 0. The minimum atomic E-state index is -0.633. The standard InChI is InChI=1S/C15H26N4O3S.2ClH/c1-8(17-4)13(21)18-9-5-6-23-10-7-15(2,3)11(12(16)20)19(10)14(9)22;;/h8-11,17H,5-7H2,1-4H3,(H2,16,20)(H,18,21);2*1H. The second-order valence-electron chi connectivity index (χ2n) is 6.93. The molecule has 3 amide bonds. The van der Waals surface area contributed by atoms with Crippen molar-refractivity contribution in [1.82, 2.24) is 15.5 Å². The van der Waals surface area contributed by atoms with Crippen LogP contribution in [0.1, 0.15) is 33.6 Å². The van der Waals surface area contributed by atoms with E-state index in [4.69, 9.17) is 5.73 Å². The van der Waals surface area contributed by atoms with Crippen LogP contribution in [0.5, 0.6) is 0 Å². The van der Waals surface area contributed by atoms with Crippen molar-refractivity contribution >= 4 is 54.3 Å². The van der Waals surface area contributed by atoms with Crippen LogP contribution in [0.2, 0.25) is 0 Å². The van der Waals surface area contributed by atoms with Gasteiger partial charge in [0, 0.05) is 0 Å². The fourth-order valence-electron chi connectivity index (χ4n) is 3.32. The molecule has 0 saturated carbocycles. The van der Waals surface area contributed by atoms with Crippen molar-refractivity contribution in [2.75, 3.05) is 12.8 Å². The van der Waals surface area contributed by atoms with Crippen LogP contribution >= 0.6 is 36.6 Å². The van der Waals surface area contributed by atoms with E-state index in [0.717, 1.165) is 12.2 Å². The smallest absolute Gasteiger partial charge is 0.246 e. The summed E-state index contributed by atoms with van der Waals surface area (Å²) in [6.07, 6.45) is 1.29. The Labute approximate surface area is 165 Å². The zero-order chi connectivity index (χ0) is 17.4. The van der Waals surface area contributed by atoms with E-state index in [1.807, 2.05) is 13.8 Å². The maximum Gasteiger partial charge on any atom is 0.246 e. The number of likely N-dealkylation sites (N-methyl/N-ethyl adjacent to an activating group) is 1. The second-order valence-corrected chi connectivity index (χ2v) is 8.21. The molecule has 0 spiro atoms. The van der Waals surface area contributed by atoms with E-state index in [2.05, 4.69) is 10.6 Å². The Morgan fingerprint density at radius 1 is 1.36 bits per heavy atom. The Hall–Kier alpha value is -0.700. The third kappa shape index (κ3) is 4.93. The molecule has 0 aromatic rings. The Morgan fingerprint density at radius 2 is 1.96 bits per heavy atom. The fraction of sp³-hybridized carbons (Fsp3) is 0.800. The molecule has 2 saturated heterocycles. The lowest BCUT2D eigenvalue weighted by molar-refractivity contribution is -0.142. The van der Waals surface area contributed by atoms with Crippen molar-refractivity contribution in [3.8, 4) is 0 Å². The second kappa shape index (κ2) is 9.30. The lowest BCUT2D eigenvalue weighted by Gasteiger charge is -2.32. The molecule has 0 radical (unpaired) electrons. The Morgan fingerprint density at radius 3 is 2.48 bits per heavy atom. The lowest BCUT2D eigenvalue weighted by Crippen LogP contribution is -2.57. The van der Waals surface area contributed by atoms with Crippen LogP contribution in [0.3, 0.4) is 0 Å². The number of nitrogens with one attached hydrogen (secondary N) is 2. The summed E-state index contributed by atoms with van der Waals surface area (Å²) in [4.78, 5) is 38.6. The SMILES string of the molecule is CNC(C)C(=O)NC1CCSC2CC(C)(C)C(C(N)=O)N2C1=O.Cl.Cl. The molecule has 2 aliphatic rings. The number of fused-ring (bicyclic) bond motifs is 1. The maximum absolute atomic E-state index is 12.9. The number of rotatable bonds is 4. The zero-order valence-electron chi connectivity index (χ0n) is 14.9. The van der Waals surface area contributed by atoms with Gasteiger partial charge in [0.05, 0.1) is 11.4 Å². The minimum Gasteiger partial charge on any atom is -0.368 e. The lowest BCUT2D eigenvalue weighted by atomic mass is 9.84. The molecule has 4 unspecified atom stereocenters. The largest absolute Gasteiger partial charge is 0.368 e. The number of primary amides is 1. The number of halogens is 2. The number of thioether (sulfide) groups is 1. The highest BCUT2D eigenvalue weighted by molar-refractivity contribution is 7.99. The van der Waals surface area contributed by atoms with Crippen LogP contribution in [0.4, 0.5) is 0 Å². The van der Waals surface area contributed by atoms with Crippen molar-refractivity contribution in [3.63, 3.8) is 0 Å². The third-order valence-corrected chi connectivity index (χ3v) is 5.96. The van der Waals surface area contributed by atoms with Gasteiger partial charge in [0.25, 0.3) is 0 Å². The number of nitrogens with two attached hydrogens (primary N) is 1. The van der Waals surface area contributed by atoms with Crippen molar-refractivity contribution < 1.29 is 14.4 Å². The van der Waals surface area contributed by atoms with Gasteiger partial charge in [0.15, 0.2) is 0 Å². The van der Waals surface area contributed by atoms with Crippen molar-refractivity contribution in [1.29, 1.82) is 0 Å². The zero-order valence-corrected chi connectivity index (χ0v) is 17.4. The summed E-state index contributed by atoms with van der Waals surface area (Å²) in [5.74, 6) is -0.149. The average molecular weight is 415 g/mol. The predicted molar refractivity (Wildman–Crippen MR) is 104 cm³/mol. The molecular weight excluding hydrogens is 387 g/mol. The van der Waals surface area contributed by atoms with Gasteiger partial charge >= 0.3 is 0 Å². The third-order valence-electron chi connectivity index (χ3n) is 4.71. The van der Waals surface area contributed by atoms with E-state index in [0.29, 0.717) is 6.42 Å². The number of carbonyl (C=O) groups is 3. The summed E-state index contributed by atoms with van der Waals surface area (Å²) >= 11 is 1.66. The number of hydrogen-bond acceptors (Lipinski definition) is 5. The highest BCUT2D eigenvalue weighted by Gasteiger charge is 2.53. The normalized spacial score (nSPS) is 28.7.